The summed E-state index contributed by atoms with van der Waals surface area (Å²) in [5.74, 6) is 0. The minimum atomic E-state index is -0.711. The van der Waals surface area contributed by atoms with Gasteiger partial charge < -0.3 is 10.0 Å². The Labute approximate surface area is 128 Å². The van der Waals surface area contributed by atoms with Gasteiger partial charge in [0.2, 0.25) is 0 Å². The van der Waals surface area contributed by atoms with Gasteiger partial charge in [-0.15, -0.1) is 11.3 Å². The van der Waals surface area contributed by atoms with Crippen LogP contribution < -0.4 is 0 Å². The molecule has 0 fully saturated rings. The SMILES string of the molecule is CCc1ccc(C(O)c2c(Cl)cnn2CCN(C)C)s1. The Hall–Kier alpha value is -0.880. The molecule has 4 nitrogen and oxygen atoms in total. The monoisotopic (exact) mass is 313 g/mol. The van der Waals surface area contributed by atoms with E-state index in [1.165, 1.54) is 4.88 Å². The zero-order valence-electron chi connectivity index (χ0n) is 12.0. The lowest BCUT2D eigenvalue weighted by atomic mass is 10.2. The molecular weight excluding hydrogens is 294 g/mol. The average molecular weight is 314 g/mol. The molecule has 6 heteroatoms. The average Bonchev–Trinajstić information content (AvgIpc) is 3.02. The fourth-order valence-corrected chi connectivity index (χ4v) is 3.17. The quantitative estimate of drug-likeness (QED) is 0.891. The van der Waals surface area contributed by atoms with Gasteiger partial charge in [-0.2, -0.15) is 5.10 Å². The summed E-state index contributed by atoms with van der Waals surface area (Å²) in [4.78, 5) is 4.25. The van der Waals surface area contributed by atoms with E-state index in [0.29, 0.717) is 17.3 Å². The van der Waals surface area contributed by atoms with Crippen molar-refractivity contribution in [2.24, 2.45) is 0 Å². The standard InChI is InChI=1S/C14H20ClN3OS/c1-4-10-5-6-12(20-10)14(19)13-11(15)9-16-18(13)8-7-17(2)3/h5-6,9,14,19H,4,7-8H2,1-3H3. The maximum Gasteiger partial charge on any atom is 0.131 e. The van der Waals surface area contributed by atoms with Gasteiger partial charge in [-0.3, -0.25) is 4.68 Å². The third-order valence-electron chi connectivity index (χ3n) is 3.15. The number of aryl methyl sites for hydroxylation is 1. The lowest BCUT2D eigenvalue weighted by molar-refractivity contribution is 0.209. The van der Waals surface area contributed by atoms with Gasteiger partial charge in [0.25, 0.3) is 0 Å². The normalized spacial score (nSPS) is 13.1. The first-order valence-electron chi connectivity index (χ1n) is 6.65. The second-order valence-corrected chi connectivity index (χ2v) is 6.57. The number of hydrogen-bond donors (Lipinski definition) is 1. The van der Waals surface area contributed by atoms with Gasteiger partial charge in [-0.25, -0.2) is 0 Å². The van der Waals surface area contributed by atoms with Crippen molar-refractivity contribution in [1.82, 2.24) is 14.7 Å². The van der Waals surface area contributed by atoms with E-state index in [2.05, 4.69) is 23.0 Å². The molecule has 2 aromatic rings. The summed E-state index contributed by atoms with van der Waals surface area (Å²) in [6, 6.07) is 4.02. The van der Waals surface area contributed by atoms with Crippen LogP contribution in [-0.4, -0.2) is 40.4 Å². The molecule has 0 radical (unpaired) electrons. The van der Waals surface area contributed by atoms with Crippen molar-refractivity contribution in [1.29, 1.82) is 0 Å². The predicted octanol–water partition coefficient (Wildman–Crippen LogP) is 2.80. The minimum Gasteiger partial charge on any atom is -0.381 e. The second kappa shape index (κ2) is 6.72. The van der Waals surface area contributed by atoms with Gasteiger partial charge in [0, 0.05) is 16.3 Å². The Kier molecular flexibility index (Phi) is 5.21. The van der Waals surface area contributed by atoms with Crippen LogP contribution in [0, 0.1) is 0 Å². The summed E-state index contributed by atoms with van der Waals surface area (Å²) in [5, 5.41) is 15.3. The molecule has 0 bridgehead atoms. The minimum absolute atomic E-state index is 0.516. The van der Waals surface area contributed by atoms with E-state index in [1.807, 2.05) is 20.2 Å². The van der Waals surface area contributed by atoms with Crippen LogP contribution in [0.5, 0.6) is 0 Å². The maximum atomic E-state index is 10.6. The number of halogens is 1. The molecule has 0 saturated heterocycles. The van der Waals surface area contributed by atoms with Crippen molar-refractivity contribution in [3.05, 3.63) is 38.8 Å². The molecule has 0 saturated carbocycles. The van der Waals surface area contributed by atoms with E-state index in [4.69, 9.17) is 11.6 Å². The highest BCUT2D eigenvalue weighted by molar-refractivity contribution is 7.12. The van der Waals surface area contributed by atoms with E-state index in [1.54, 1.807) is 22.2 Å². The van der Waals surface area contributed by atoms with Crippen molar-refractivity contribution >= 4 is 22.9 Å². The summed E-state index contributed by atoms with van der Waals surface area (Å²) in [6.07, 6.45) is 1.87. The number of aliphatic hydroxyl groups is 1. The van der Waals surface area contributed by atoms with Gasteiger partial charge in [-0.05, 0) is 32.6 Å². The maximum absolute atomic E-state index is 10.6. The van der Waals surface area contributed by atoms with Crippen LogP contribution in [0.25, 0.3) is 0 Å². The highest BCUT2D eigenvalue weighted by Crippen LogP contribution is 2.32. The van der Waals surface area contributed by atoms with Crippen LogP contribution in [0.4, 0.5) is 0 Å². The van der Waals surface area contributed by atoms with E-state index in [-0.39, 0.29) is 0 Å². The fraction of sp³-hybridized carbons (Fsp3) is 0.500. The van der Waals surface area contributed by atoms with Crippen molar-refractivity contribution in [3.8, 4) is 0 Å². The molecule has 2 rings (SSSR count). The summed E-state index contributed by atoms with van der Waals surface area (Å²) in [6.45, 7) is 3.66. The topological polar surface area (TPSA) is 41.3 Å². The largest absolute Gasteiger partial charge is 0.381 e. The van der Waals surface area contributed by atoms with Gasteiger partial charge >= 0.3 is 0 Å². The molecule has 0 aliphatic heterocycles. The second-order valence-electron chi connectivity index (χ2n) is 4.96. The molecule has 2 heterocycles. The number of thiophene rings is 1. The number of aliphatic hydroxyl groups excluding tert-OH is 1. The molecule has 1 atom stereocenters. The number of rotatable bonds is 6. The zero-order chi connectivity index (χ0) is 14.7. The van der Waals surface area contributed by atoms with Crippen molar-refractivity contribution < 1.29 is 5.11 Å². The highest BCUT2D eigenvalue weighted by Gasteiger charge is 2.21. The molecule has 0 amide bonds. The lowest BCUT2D eigenvalue weighted by Crippen LogP contribution is -2.21. The number of hydrogen-bond acceptors (Lipinski definition) is 4. The molecular formula is C14H20ClN3OS. The van der Waals surface area contributed by atoms with Crippen LogP contribution in [0.1, 0.15) is 28.5 Å². The van der Waals surface area contributed by atoms with Crippen LogP contribution >= 0.6 is 22.9 Å². The van der Waals surface area contributed by atoms with E-state index in [0.717, 1.165) is 17.8 Å². The third-order valence-corrected chi connectivity index (χ3v) is 4.72. The molecule has 0 spiro atoms. The fourth-order valence-electron chi connectivity index (χ4n) is 1.98. The number of likely N-dealkylation sites (N-methyl/N-ethyl adjacent to an activating group) is 1. The van der Waals surface area contributed by atoms with Crippen molar-refractivity contribution in [2.75, 3.05) is 20.6 Å². The summed E-state index contributed by atoms with van der Waals surface area (Å²) in [5.41, 5.74) is 0.679. The first-order valence-corrected chi connectivity index (χ1v) is 7.85. The lowest BCUT2D eigenvalue weighted by Gasteiger charge is -2.15. The van der Waals surface area contributed by atoms with Gasteiger partial charge in [0.1, 0.15) is 6.10 Å². The smallest absolute Gasteiger partial charge is 0.131 e. The Morgan fingerprint density at radius 2 is 2.20 bits per heavy atom. The Morgan fingerprint density at radius 1 is 1.45 bits per heavy atom. The highest BCUT2D eigenvalue weighted by atomic mass is 35.5. The molecule has 20 heavy (non-hydrogen) atoms. The van der Waals surface area contributed by atoms with E-state index < -0.39 is 6.10 Å². The summed E-state index contributed by atoms with van der Waals surface area (Å²) in [7, 11) is 4.02. The first kappa shape index (κ1) is 15.5. The van der Waals surface area contributed by atoms with Gasteiger partial charge in [0.05, 0.1) is 23.5 Å². The molecule has 2 aromatic heterocycles. The van der Waals surface area contributed by atoms with Gasteiger partial charge in [0.15, 0.2) is 0 Å². The van der Waals surface area contributed by atoms with Crippen molar-refractivity contribution in [3.63, 3.8) is 0 Å². The molecule has 110 valence electrons. The number of aromatic nitrogens is 2. The van der Waals surface area contributed by atoms with Crippen LogP contribution in [-0.2, 0) is 13.0 Å². The van der Waals surface area contributed by atoms with E-state index in [9.17, 15) is 5.11 Å². The van der Waals surface area contributed by atoms with E-state index >= 15 is 0 Å². The molecule has 0 aromatic carbocycles. The Morgan fingerprint density at radius 3 is 2.80 bits per heavy atom. The number of nitrogens with zero attached hydrogens (tertiary/aromatic N) is 3. The predicted molar refractivity (Wildman–Crippen MR) is 83.5 cm³/mol. The third kappa shape index (κ3) is 3.41. The van der Waals surface area contributed by atoms with Crippen LogP contribution in [0.3, 0.4) is 0 Å². The Balaban J connectivity index is 2.24. The molecule has 0 aliphatic carbocycles. The zero-order valence-corrected chi connectivity index (χ0v) is 13.6. The molecule has 1 unspecified atom stereocenters. The first-order chi connectivity index (χ1) is 9.52. The summed E-state index contributed by atoms with van der Waals surface area (Å²) >= 11 is 7.81. The van der Waals surface area contributed by atoms with Crippen molar-refractivity contribution in [2.45, 2.75) is 26.0 Å². The Bertz CT molecular complexity index is 565. The van der Waals surface area contributed by atoms with Crippen LogP contribution in [0.2, 0.25) is 5.02 Å². The molecule has 0 aliphatic rings. The molecule has 1 N–H and O–H groups in total. The van der Waals surface area contributed by atoms with Gasteiger partial charge in [-0.1, -0.05) is 18.5 Å². The van der Waals surface area contributed by atoms with Crippen LogP contribution in [0.15, 0.2) is 18.3 Å². The summed E-state index contributed by atoms with van der Waals surface area (Å²) < 4.78 is 1.79.